The van der Waals surface area contributed by atoms with E-state index in [9.17, 15) is 22.4 Å². The van der Waals surface area contributed by atoms with Crippen molar-refractivity contribution in [2.24, 2.45) is 23.7 Å². The first kappa shape index (κ1) is 21.8. The minimum absolute atomic E-state index is 0.148. The predicted octanol–water partition coefficient (Wildman–Crippen LogP) is 4.91. The zero-order valence-electron chi connectivity index (χ0n) is 16.7. The van der Waals surface area contributed by atoms with Crippen LogP contribution in [0.1, 0.15) is 58.3 Å². The number of alkyl halides is 4. The average molecular weight is 408 g/mol. The number of carbonyl (C=O) groups is 1. The number of esters is 1. The third-order valence-electron chi connectivity index (χ3n) is 7.18. The summed E-state index contributed by atoms with van der Waals surface area (Å²) in [6, 6.07) is 0. The molecule has 8 atom stereocenters. The molecule has 0 N–H and O–H groups in total. The van der Waals surface area contributed by atoms with E-state index in [1.807, 2.05) is 0 Å². The van der Waals surface area contributed by atoms with E-state index < -0.39 is 54.7 Å². The van der Waals surface area contributed by atoms with Crippen LogP contribution in [0.4, 0.5) is 17.6 Å². The van der Waals surface area contributed by atoms with Crippen molar-refractivity contribution in [1.29, 1.82) is 0 Å². The highest BCUT2D eigenvalue weighted by atomic mass is 19.2. The number of rotatable bonds is 4. The van der Waals surface area contributed by atoms with E-state index in [2.05, 4.69) is 6.92 Å². The Bertz CT molecular complexity index is 526. The molecule has 3 aliphatic carbocycles. The summed E-state index contributed by atoms with van der Waals surface area (Å²) in [6.45, 7) is 2.13. The van der Waals surface area contributed by atoms with Crippen molar-refractivity contribution in [2.75, 3.05) is 7.11 Å². The van der Waals surface area contributed by atoms with Crippen LogP contribution in [0.3, 0.4) is 0 Å². The molecule has 7 heteroatoms. The molecule has 3 fully saturated rings. The SMILES string of the molecule is COC1CCC(C2CCC(OC(=O)C3CCC(C)CC3)C(F)C2F)C(F)C1F. The van der Waals surface area contributed by atoms with Gasteiger partial charge in [-0.05, 0) is 69.1 Å². The van der Waals surface area contributed by atoms with Gasteiger partial charge in [-0.2, -0.15) is 0 Å². The second-order valence-electron chi connectivity index (χ2n) is 8.97. The maximum absolute atomic E-state index is 14.8. The van der Waals surface area contributed by atoms with Crippen molar-refractivity contribution in [1.82, 2.24) is 0 Å². The van der Waals surface area contributed by atoms with Gasteiger partial charge in [0, 0.05) is 7.11 Å². The smallest absolute Gasteiger partial charge is 0.309 e. The summed E-state index contributed by atoms with van der Waals surface area (Å²) in [4.78, 5) is 12.3. The topological polar surface area (TPSA) is 35.5 Å². The van der Waals surface area contributed by atoms with Crippen LogP contribution < -0.4 is 0 Å². The number of carbonyl (C=O) groups excluding carboxylic acids is 1. The van der Waals surface area contributed by atoms with Crippen molar-refractivity contribution in [3.63, 3.8) is 0 Å². The number of ether oxygens (including phenoxy) is 2. The molecule has 0 radical (unpaired) electrons. The van der Waals surface area contributed by atoms with E-state index in [1.54, 1.807) is 0 Å². The monoisotopic (exact) mass is 408 g/mol. The molecular weight excluding hydrogens is 376 g/mol. The van der Waals surface area contributed by atoms with Crippen molar-refractivity contribution < 1.29 is 31.8 Å². The second-order valence-corrected chi connectivity index (χ2v) is 8.97. The minimum atomic E-state index is -1.99. The van der Waals surface area contributed by atoms with Gasteiger partial charge < -0.3 is 9.47 Å². The summed E-state index contributed by atoms with van der Waals surface area (Å²) < 4.78 is 68.5. The van der Waals surface area contributed by atoms with E-state index in [0.29, 0.717) is 12.3 Å². The van der Waals surface area contributed by atoms with Crippen molar-refractivity contribution in [3.05, 3.63) is 0 Å². The fourth-order valence-electron chi connectivity index (χ4n) is 5.25. The van der Waals surface area contributed by atoms with Gasteiger partial charge in [0.25, 0.3) is 0 Å². The molecule has 0 amide bonds. The Morgan fingerprint density at radius 3 is 1.75 bits per heavy atom. The molecule has 0 bridgehead atoms. The zero-order chi connectivity index (χ0) is 20.4. The molecule has 3 saturated carbocycles. The minimum Gasteiger partial charge on any atom is -0.459 e. The molecular formula is C21H32F4O3. The lowest BCUT2D eigenvalue weighted by Gasteiger charge is -2.43. The molecule has 0 aromatic carbocycles. The Labute approximate surface area is 164 Å². The van der Waals surface area contributed by atoms with Gasteiger partial charge in [-0.3, -0.25) is 4.79 Å². The molecule has 0 aliphatic heterocycles. The first-order valence-corrected chi connectivity index (χ1v) is 10.6. The fraction of sp³-hybridized carbons (Fsp3) is 0.952. The Morgan fingerprint density at radius 2 is 1.21 bits per heavy atom. The highest BCUT2D eigenvalue weighted by molar-refractivity contribution is 5.72. The second kappa shape index (κ2) is 9.31. The molecule has 3 nitrogen and oxygen atoms in total. The fourth-order valence-corrected chi connectivity index (χ4v) is 5.25. The molecule has 0 spiro atoms. The van der Waals surface area contributed by atoms with Gasteiger partial charge in [0.1, 0.15) is 18.4 Å². The number of hydrogen-bond donors (Lipinski definition) is 0. The predicted molar refractivity (Wildman–Crippen MR) is 96.8 cm³/mol. The molecule has 3 aliphatic rings. The first-order valence-electron chi connectivity index (χ1n) is 10.6. The molecule has 0 saturated heterocycles. The van der Waals surface area contributed by atoms with Gasteiger partial charge in [-0.15, -0.1) is 0 Å². The molecule has 162 valence electrons. The van der Waals surface area contributed by atoms with E-state index >= 15 is 0 Å². The molecule has 3 rings (SSSR count). The average Bonchev–Trinajstić information content (AvgIpc) is 2.69. The normalized spacial score (nSPS) is 47.5. The van der Waals surface area contributed by atoms with E-state index in [1.165, 1.54) is 7.11 Å². The van der Waals surface area contributed by atoms with Crippen LogP contribution in [-0.2, 0) is 14.3 Å². The molecule has 0 aromatic rings. The molecule has 0 heterocycles. The number of hydrogen-bond acceptors (Lipinski definition) is 3. The summed E-state index contributed by atoms with van der Waals surface area (Å²) in [5.41, 5.74) is 0. The third-order valence-corrected chi connectivity index (χ3v) is 7.18. The Morgan fingerprint density at radius 1 is 0.714 bits per heavy atom. The van der Waals surface area contributed by atoms with Crippen LogP contribution in [0.25, 0.3) is 0 Å². The Hall–Kier alpha value is -0.850. The third kappa shape index (κ3) is 4.49. The van der Waals surface area contributed by atoms with Crippen molar-refractivity contribution >= 4 is 5.97 Å². The first-order chi connectivity index (χ1) is 13.3. The van der Waals surface area contributed by atoms with Crippen LogP contribution in [0.15, 0.2) is 0 Å². The number of methoxy groups -OCH3 is 1. The van der Waals surface area contributed by atoms with Crippen LogP contribution in [0.2, 0.25) is 0 Å². The summed E-state index contributed by atoms with van der Waals surface area (Å²) >= 11 is 0. The highest BCUT2D eigenvalue weighted by Crippen LogP contribution is 2.44. The Kier molecular flexibility index (Phi) is 7.26. The van der Waals surface area contributed by atoms with Gasteiger partial charge in [-0.25, -0.2) is 17.6 Å². The van der Waals surface area contributed by atoms with Crippen LogP contribution in [0.5, 0.6) is 0 Å². The quantitative estimate of drug-likeness (QED) is 0.490. The van der Waals surface area contributed by atoms with Gasteiger partial charge in [0.2, 0.25) is 0 Å². The maximum atomic E-state index is 14.8. The lowest BCUT2D eigenvalue weighted by Crippen LogP contribution is -2.52. The van der Waals surface area contributed by atoms with Gasteiger partial charge in [0.05, 0.1) is 12.0 Å². The van der Waals surface area contributed by atoms with Crippen LogP contribution in [-0.4, -0.2) is 50.0 Å². The van der Waals surface area contributed by atoms with E-state index in [4.69, 9.17) is 9.47 Å². The summed E-state index contributed by atoms with van der Waals surface area (Å²) in [6.07, 6.45) is -5.39. The summed E-state index contributed by atoms with van der Waals surface area (Å²) in [5.74, 6) is -1.88. The van der Waals surface area contributed by atoms with Crippen LogP contribution >= 0.6 is 0 Å². The van der Waals surface area contributed by atoms with Crippen molar-refractivity contribution in [2.45, 2.75) is 95.2 Å². The maximum Gasteiger partial charge on any atom is 0.309 e. The summed E-state index contributed by atoms with van der Waals surface area (Å²) in [5, 5.41) is 0. The van der Waals surface area contributed by atoms with E-state index in [0.717, 1.165) is 25.7 Å². The highest BCUT2D eigenvalue weighted by Gasteiger charge is 2.51. The van der Waals surface area contributed by atoms with Crippen LogP contribution in [0, 0.1) is 23.7 Å². The zero-order valence-corrected chi connectivity index (χ0v) is 16.7. The lowest BCUT2D eigenvalue weighted by molar-refractivity contribution is -0.167. The molecule has 8 unspecified atom stereocenters. The summed E-state index contributed by atoms with van der Waals surface area (Å²) in [7, 11) is 1.33. The largest absolute Gasteiger partial charge is 0.459 e. The molecule has 0 aromatic heterocycles. The molecule has 28 heavy (non-hydrogen) atoms. The van der Waals surface area contributed by atoms with Gasteiger partial charge in [0.15, 0.2) is 12.3 Å². The number of halogens is 4. The van der Waals surface area contributed by atoms with Gasteiger partial charge >= 0.3 is 5.97 Å². The lowest BCUT2D eigenvalue weighted by atomic mass is 9.69. The van der Waals surface area contributed by atoms with Crippen molar-refractivity contribution in [3.8, 4) is 0 Å². The standard InChI is InChI=1S/C21H32F4O3/c1-11-3-5-12(6-4-11)21(26)28-16-10-8-14(18(23)20(16)25)13-7-9-15(27-2)19(24)17(13)22/h11-20H,3-10H2,1-2H3. The van der Waals surface area contributed by atoms with E-state index in [-0.39, 0.29) is 25.2 Å². The van der Waals surface area contributed by atoms with Gasteiger partial charge in [-0.1, -0.05) is 6.92 Å². The Balaban J connectivity index is 1.56.